The van der Waals surface area contributed by atoms with Crippen LogP contribution in [0.1, 0.15) is 43.2 Å². The lowest BCUT2D eigenvalue weighted by atomic mass is 9.96. The number of anilines is 1. The van der Waals surface area contributed by atoms with Crippen LogP contribution in [0.2, 0.25) is 0 Å². The number of nitrogens with one attached hydrogen (secondary N) is 1. The van der Waals surface area contributed by atoms with Gasteiger partial charge in [-0.15, -0.1) is 10.2 Å². The van der Waals surface area contributed by atoms with Crippen LogP contribution in [0.4, 0.5) is 5.13 Å². The highest BCUT2D eigenvalue weighted by Gasteiger charge is 2.27. The molecular weight excluding hydrogens is 372 g/mol. The number of hydrogen-bond donors (Lipinski definition) is 1. The number of carbonyl (C=O) groups is 2. The maximum atomic E-state index is 12.5. The Kier molecular flexibility index (Phi) is 7.31. The fraction of sp³-hybridized carbons (Fsp3) is 0.429. The standard InChI is InChI=1S/C21H26N4O2S/c1-2-3-9-18-23-24-21(28-18)22-20(27)17-12-14-25(15-13-17)19(26)11-10-16-7-5-4-6-8-16/h4-8,10-11,17H,2-3,9,12-15H2,1H3,(H,22,24,27)/b11-10+. The minimum Gasteiger partial charge on any atom is -0.339 e. The molecule has 0 atom stereocenters. The molecule has 1 fully saturated rings. The van der Waals surface area contributed by atoms with E-state index in [9.17, 15) is 9.59 Å². The van der Waals surface area contributed by atoms with E-state index >= 15 is 0 Å². The molecule has 1 saturated heterocycles. The lowest BCUT2D eigenvalue weighted by molar-refractivity contribution is -0.130. The maximum Gasteiger partial charge on any atom is 0.246 e. The summed E-state index contributed by atoms with van der Waals surface area (Å²) < 4.78 is 0. The first-order chi connectivity index (χ1) is 13.7. The van der Waals surface area contributed by atoms with E-state index in [0.717, 1.165) is 29.8 Å². The summed E-state index contributed by atoms with van der Waals surface area (Å²) in [5.41, 5.74) is 1.00. The van der Waals surface area contributed by atoms with E-state index in [-0.39, 0.29) is 17.7 Å². The molecule has 0 radical (unpaired) electrons. The predicted octanol–water partition coefficient (Wildman–Crippen LogP) is 3.77. The van der Waals surface area contributed by atoms with Gasteiger partial charge in [-0.3, -0.25) is 9.59 Å². The van der Waals surface area contributed by atoms with E-state index in [1.54, 1.807) is 11.0 Å². The Hall–Kier alpha value is -2.54. The third-order valence-corrected chi connectivity index (χ3v) is 5.73. The number of likely N-dealkylation sites (tertiary alicyclic amines) is 1. The first-order valence-electron chi connectivity index (χ1n) is 9.81. The third-order valence-electron chi connectivity index (χ3n) is 4.84. The zero-order valence-corrected chi connectivity index (χ0v) is 17.0. The van der Waals surface area contributed by atoms with Crippen LogP contribution in [-0.4, -0.2) is 40.0 Å². The van der Waals surface area contributed by atoms with Crippen molar-refractivity contribution in [3.8, 4) is 0 Å². The smallest absolute Gasteiger partial charge is 0.246 e. The number of hydrogen-bond acceptors (Lipinski definition) is 5. The number of piperidine rings is 1. The molecule has 1 aliphatic heterocycles. The molecule has 3 rings (SSSR count). The minimum absolute atomic E-state index is 0.00704. The minimum atomic E-state index is -0.0925. The predicted molar refractivity (Wildman–Crippen MR) is 112 cm³/mol. The molecule has 7 heteroatoms. The van der Waals surface area contributed by atoms with Gasteiger partial charge < -0.3 is 10.2 Å². The normalized spacial score (nSPS) is 15.1. The Labute approximate surface area is 169 Å². The van der Waals surface area contributed by atoms with Gasteiger partial charge in [0.1, 0.15) is 5.01 Å². The summed E-state index contributed by atoms with van der Waals surface area (Å²) in [6, 6.07) is 9.75. The van der Waals surface area contributed by atoms with E-state index in [1.807, 2.05) is 36.4 Å². The van der Waals surface area contributed by atoms with Gasteiger partial charge in [-0.25, -0.2) is 0 Å². The van der Waals surface area contributed by atoms with Crippen molar-refractivity contribution >= 4 is 34.4 Å². The molecule has 0 saturated carbocycles. The molecule has 0 bridgehead atoms. The largest absolute Gasteiger partial charge is 0.339 e. The number of rotatable bonds is 7. The van der Waals surface area contributed by atoms with Crippen LogP contribution in [0.5, 0.6) is 0 Å². The molecule has 0 spiro atoms. The van der Waals surface area contributed by atoms with Gasteiger partial charge in [0, 0.05) is 31.5 Å². The molecule has 1 aromatic heterocycles. The molecule has 2 aromatic rings. The molecule has 28 heavy (non-hydrogen) atoms. The lowest BCUT2D eigenvalue weighted by Crippen LogP contribution is -2.40. The fourth-order valence-electron chi connectivity index (χ4n) is 3.14. The second-order valence-electron chi connectivity index (χ2n) is 6.94. The van der Waals surface area contributed by atoms with E-state index in [0.29, 0.717) is 31.1 Å². The highest BCUT2D eigenvalue weighted by Crippen LogP contribution is 2.22. The van der Waals surface area contributed by atoms with Crippen LogP contribution < -0.4 is 5.32 Å². The van der Waals surface area contributed by atoms with Crippen LogP contribution in [0.25, 0.3) is 6.08 Å². The van der Waals surface area contributed by atoms with Crippen molar-refractivity contribution < 1.29 is 9.59 Å². The van der Waals surface area contributed by atoms with Crippen LogP contribution in [0.15, 0.2) is 36.4 Å². The second kappa shape index (κ2) is 10.1. The van der Waals surface area contributed by atoms with Crippen molar-refractivity contribution in [3.63, 3.8) is 0 Å². The quantitative estimate of drug-likeness (QED) is 0.721. The number of unbranched alkanes of at least 4 members (excludes halogenated alkanes) is 1. The van der Waals surface area contributed by atoms with Gasteiger partial charge in [-0.05, 0) is 30.9 Å². The summed E-state index contributed by atoms with van der Waals surface area (Å²) in [5, 5.41) is 12.6. The topological polar surface area (TPSA) is 75.2 Å². The van der Waals surface area contributed by atoms with E-state index in [1.165, 1.54) is 11.3 Å². The fourth-order valence-corrected chi connectivity index (χ4v) is 3.92. The number of amides is 2. The van der Waals surface area contributed by atoms with Gasteiger partial charge in [0.25, 0.3) is 0 Å². The molecule has 6 nitrogen and oxygen atoms in total. The van der Waals surface area contributed by atoms with Crippen molar-refractivity contribution in [2.24, 2.45) is 5.92 Å². The highest BCUT2D eigenvalue weighted by atomic mass is 32.1. The van der Waals surface area contributed by atoms with Crippen molar-refractivity contribution in [3.05, 3.63) is 47.0 Å². The van der Waals surface area contributed by atoms with Crippen LogP contribution in [-0.2, 0) is 16.0 Å². The summed E-state index contributed by atoms with van der Waals surface area (Å²) in [7, 11) is 0. The molecule has 148 valence electrons. The average molecular weight is 399 g/mol. The third kappa shape index (κ3) is 5.73. The van der Waals surface area contributed by atoms with Gasteiger partial charge in [-0.1, -0.05) is 55.0 Å². The molecular formula is C21H26N4O2S. The monoisotopic (exact) mass is 398 g/mol. The number of benzene rings is 1. The van der Waals surface area contributed by atoms with Gasteiger partial charge in [0.2, 0.25) is 16.9 Å². The van der Waals surface area contributed by atoms with Gasteiger partial charge in [0.05, 0.1) is 0 Å². The molecule has 1 aliphatic rings. The second-order valence-corrected chi connectivity index (χ2v) is 8.00. The zero-order chi connectivity index (χ0) is 19.8. The molecule has 2 amide bonds. The van der Waals surface area contributed by atoms with Crippen molar-refractivity contribution in [1.82, 2.24) is 15.1 Å². The Balaban J connectivity index is 1.45. The summed E-state index contributed by atoms with van der Waals surface area (Å²) in [6.45, 7) is 3.32. The lowest BCUT2D eigenvalue weighted by Gasteiger charge is -2.30. The van der Waals surface area contributed by atoms with Gasteiger partial charge >= 0.3 is 0 Å². The maximum absolute atomic E-state index is 12.5. The number of aromatic nitrogens is 2. The zero-order valence-electron chi connectivity index (χ0n) is 16.1. The first-order valence-corrected chi connectivity index (χ1v) is 10.6. The van der Waals surface area contributed by atoms with Gasteiger partial charge in [0.15, 0.2) is 0 Å². The van der Waals surface area contributed by atoms with E-state index in [2.05, 4.69) is 22.4 Å². The SMILES string of the molecule is CCCCc1nnc(NC(=O)C2CCN(C(=O)/C=C/c3ccccc3)CC2)s1. The van der Waals surface area contributed by atoms with Crippen LogP contribution in [0, 0.1) is 5.92 Å². The Morgan fingerprint density at radius 3 is 2.68 bits per heavy atom. The number of nitrogens with zero attached hydrogens (tertiary/aromatic N) is 3. The summed E-state index contributed by atoms with van der Waals surface area (Å²) >= 11 is 1.45. The molecule has 0 aliphatic carbocycles. The van der Waals surface area contributed by atoms with E-state index in [4.69, 9.17) is 0 Å². The summed E-state index contributed by atoms with van der Waals surface area (Å²) in [4.78, 5) is 26.6. The Bertz CT molecular complexity index is 811. The van der Waals surface area contributed by atoms with Crippen molar-refractivity contribution in [1.29, 1.82) is 0 Å². The number of carbonyl (C=O) groups excluding carboxylic acids is 2. The number of aryl methyl sites for hydroxylation is 1. The van der Waals surface area contributed by atoms with E-state index < -0.39 is 0 Å². The Morgan fingerprint density at radius 1 is 1.21 bits per heavy atom. The molecule has 2 heterocycles. The van der Waals surface area contributed by atoms with Gasteiger partial charge in [-0.2, -0.15) is 0 Å². The molecule has 1 N–H and O–H groups in total. The molecule has 1 aromatic carbocycles. The highest BCUT2D eigenvalue weighted by molar-refractivity contribution is 7.15. The van der Waals surface area contributed by atoms with Crippen molar-refractivity contribution in [2.75, 3.05) is 18.4 Å². The summed E-state index contributed by atoms with van der Waals surface area (Å²) in [6.07, 6.45) is 7.85. The Morgan fingerprint density at radius 2 is 1.96 bits per heavy atom. The first kappa shape index (κ1) is 20.2. The van der Waals surface area contributed by atoms with Crippen LogP contribution in [0.3, 0.4) is 0 Å². The van der Waals surface area contributed by atoms with Crippen LogP contribution >= 0.6 is 11.3 Å². The molecule has 0 unspecified atom stereocenters. The average Bonchev–Trinajstić information content (AvgIpc) is 3.18. The summed E-state index contributed by atoms with van der Waals surface area (Å²) in [5.74, 6) is -0.123. The van der Waals surface area contributed by atoms with Crippen molar-refractivity contribution in [2.45, 2.75) is 39.0 Å².